The molecule has 92 valence electrons. The summed E-state index contributed by atoms with van der Waals surface area (Å²) in [4.78, 5) is 0. The van der Waals surface area contributed by atoms with Gasteiger partial charge in [-0.3, -0.25) is 0 Å². The van der Waals surface area contributed by atoms with Gasteiger partial charge in [-0.15, -0.1) is 0 Å². The Kier molecular flexibility index (Phi) is 10.0. The number of rotatable bonds is 10. The van der Waals surface area contributed by atoms with Crippen molar-refractivity contribution in [2.75, 3.05) is 24.5 Å². The molecule has 0 atom stereocenters. The Morgan fingerprint density at radius 2 is 1.07 bits per heavy atom. The third-order valence-corrected chi connectivity index (χ3v) is 9.67. The molecule has 0 radical (unpaired) electrons. The Bertz CT molecular complexity index is 115. The Morgan fingerprint density at radius 1 is 0.733 bits per heavy atom. The summed E-state index contributed by atoms with van der Waals surface area (Å²) in [5.41, 5.74) is 0. The molecule has 2 heteroatoms. The van der Waals surface area contributed by atoms with E-state index in [-0.39, 0.29) is 0 Å². The van der Waals surface area contributed by atoms with Gasteiger partial charge in [0, 0.05) is 0 Å². The van der Waals surface area contributed by atoms with Crippen LogP contribution in [0.25, 0.3) is 0 Å². The van der Waals surface area contributed by atoms with Crippen LogP contribution < -0.4 is 0 Å². The zero-order valence-electron chi connectivity index (χ0n) is 11.6. The summed E-state index contributed by atoms with van der Waals surface area (Å²) in [7, 11) is 1.63. The maximum atomic E-state index is 2.47. The van der Waals surface area contributed by atoms with Crippen LogP contribution in [0.2, 0.25) is 0 Å². The van der Waals surface area contributed by atoms with Gasteiger partial charge in [0.05, 0.1) is 0 Å². The van der Waals surface area contributed by atoms with Gasteiger partial charge in [0.2, 0.25) is 0 Å². The molecule has 0 aromatic rings. The molecule has 0 N–H and O–H groups in total. The first-order valence-electron chi connectivity index (χ1n) is 7.24. The van der Waals surface area contributed by atoms with Crippen LogP contribution in [0.5, 0.6) is 0 Å². The molecule has 0 unspecified atom stereocenters. The first-order valence-corrected chi connectivity index (χ1v) is 10.1. The van der Waals surface area contributed by atoms with E-state index in [1.54, 1.807) is 18.5 Å². The van der Waals surface area contributed by atoms with Crippen molar-refractivity contribution in [3.8, 4) is 0 Å². The van der Waals surface area contributed by atoms with Crippen molar-refractivity contribution >= 4 is 15.1 Å². The van der Waals surface area contributed by atoms with Gasteiger partial charge in [0.1, 0.15) is 0 Å². The van der Waals surface area contributed by atoms with E-state index in [0.717, 1.165) is 0 Å². The number of hydrogen-bond donors (Lipinski definition) is 0. The van der Waals surface area contributed by atoms with Crippen LogP contribution in [0, 0.1) is 0 Å². The molecule has 0 amide bonds. The molecule has 0 aliphatic heterocycles. The molecular formula is C13H32BP. The Labute approximate surface area is 99.4 Å². The van der Waals surface area contributed by atoms with Crippen molar-refractivity contribution < 1.29 is 0 Å². The topological polar surface area (TPSA) is 0 Å². The molecule has 0 saturated heterocycles. The normalized spacial score (nSPS) is 13.0. The predicted octanol–water partition coefficient (Wildman–Crippen LogP) is 3.73. The summed E-state index contributed by atoms with van der Waals surface area (Å²) in [5.74, 6) is 0. The van der Waals surface area contributed by atoms with Crippen LogP contribution >= 0.6 is 7.26 Å². The fourth-order valence-electron chi connectivity index (χ4n) is 2.56. The van der Waals surface area contributed by atoms with E-state index in [2.05, 4.69) is 28.6 Å². The van der Waals surface area contributed by atoms with Crippen molar-refractivity contribution in [3.63, 3.8) is 0 Å². The zero-order valence-corrected chi connectivity index (χ0v) is 12.6. The van der Waals surface area contributed by atoms with E-state index < -0.39 is 7.26 Å². The van der Waals surface area contributed by atoms with Crippen LogP contribution in [-0.2, 0) is 0 Å². The summed E-state index contributed by atoms with van der Waals surface area (Å²) in [6.45, 7) is 7.03. The second-order valence-electron chi connectivity index (χ2n) is 5.16. The van der Waals surface area contributed by atoms with Gasteiger partial charge in [-0.25, -0.2) is 0 Å². The minimum atomic E-state index is -0.832. The third-order valence-electron chi connectivity index (χ3n) is 3.93. The summed E-state index contributed by atoms with van der Waals surface area (Å²) in [6.07, 6.45) is 13.5. The van der Waals surface area contributed by atoms with Crippen molar-refractivity contribution in [2.45, 2.75) is 59.3 Å². The van der Waals surface area contributed by atoms with Gasteiger partial charge in [-0.2, -0.15) is 0 Å². The molecule has 0 fully saturated rings. The minimum absolute atomic E-state index is 0.832. The molecule has 0 saturated carbocycles. The second kappa shape index (κ2) is 9.70. The SMILES string of the molecule is BC[PH](CCCC)(CCCC)CCCC. The van der Waals surface area contributed by atoms with E-state index in [1.165, 1.54) is 44.6 Å². The molecule has 15 heavy (non-hydrogen) atoms. The van der Waals surface area contributed by atoms with Gasteiger partial charge in [-0.05, 0) is 0 Å². The Balaban J connectivity index is 4.16. The first kappa shape index (κ1) is 15.5. The quantitative estimate of drug-likeness (QED) is 0.396. The van der Waals surface area contributed by atoms with Crippen LogP contribution in [0.1, 0.15) is 59.3 Å². The summed E-state index contributed by atoms with van der Waals surface area (Å²) in [6, 6.07) is 1.53. The number of hydrogen-bond acceptors (Lipinski definition) is 0. The van der Waals surface area contributed by atoms with Crippen molar-refractivity contribution in [1.82, 2.24) is 0 Å². The summed E-state index contributed by atoms with van der Waals surface area (Å²) in [5, 5.41) is 0. The van der Waals surface area contributed by atoms with Gasteiger partial charge < -0.3 is 0 Å². The van der Waals surface area contributed by atoms with Gasteiger partial charge >= 0.3 is 99.0 Å². The predicted molar refractivity (Wildman–Crippen MR) is 81.1 cm³/mol. The maximum absolute atomic E-state index is 2.47. The molecule has 0 heterocycles. The van der Waals surface area contributed by atoms with Crippen LogP contribution in [-0.4, -0.2) is 32.4 Å². The van der Waals surface area contributed by atoms with Crippen molar-refractivity contribution in [2.24, 2.45) is 0 Å². The van der Waals surface area contributed by atoms with Gasteiger partial charge in [-0.1, -0.05) is 0 Å². The summed E-state index contributed by atoms with van der Waals surface area (Å²) >= 11 is 0. The second-order valence-corrected chi connectivity index (χ2v) is 10.4. The Morgan fingerprint density at radius 3 is 1.27 bits per heavy atom. The van der Waals surface area contributed by atoms with E-state index in [1.807, 2.05) is 0 Å². The standard InChI is InChI=1S/C13H32BP/c1-4-7-10-15(13-14,11-8-5-2)12-9-6-3/h15H,4-14H2,1-3H3. The molecule has 0 rings (SSSR count). The van der Waals surface area contributed by atoms with Crippen molar-refractivity contribution in [1.29, 1.82) is 0 Å². The molecule has 0 aromatic heterocycles. The Hall–Kier alpha value is 0.495. The van der Waals surface area contributed by atoms with E-state index in [4.69, 9.17) is 0 Å². The van der Waals surface area contributed by atoms with Crippen molar-refractivity contribution in [3.05, 3.63) is 0 Å². The monoisotopic (exact) mass is 230 g/mol. The fraction of sp³-hybridized carbons (Fsp3) is 1.00. The zero-order chi connectivity index (χ0) is 11.6. The molecule has 0 spiro atoms. The molecular weight excluding hydrogens is 198 g/mol. The van der Waals surface area contributed by atoms with Gasteiger partial charge in [0.25, 0.3) is 0 Å². The molecule has 0 nitrogen and oxygen atoms in total. The van der Waals surface area contributed by atoms with Crippen LogP contribution in [0.15, 0.2) is 0 Å². The average molecular weight is 230 g/mol. The van der Waals surface area contributed by atoms with Crippen LogP contribution in [0.4, 0.5) is 0 Å². The average Bonchev–Trinajstić information content (AvgIpc) is 2.29. The first-order chi connectivity index (χ1) is 7.24. The van der Waals surface area contributed by atoms with Gasteiger partial charge in [0.15, 0.2) is 0 Å². The molecule has 0 aliphatic carbocycles. The van der Waals surface area contributed by atoms with E-state index >= 15 is 0 Å². The third kappa shape index (κ3) is 6.62. The van der Waals surface area contributed by atoms with E-state index in [0.29, 0.717) is 0 Å². The van der Waals surface area contributed by atoms with E-state index in [9.17, 15) is 0 Å². The van der Waals surface area contributed by atoms with Crippen LogP contribution in [0.3, 0.4) is 0 Å². The molecule has 0 aliphatic rings. The summed E-state index contributed by atoms with van der Waals surface area (Å²) < 4.78 is 0. The molecule has 0 bridgehead atoms. The fourth-order valence-corrected chi connectivity index (χ4v) is 7.68. The molecule has 0 aromatic carbocycles. The number of unbranched alkanes of at least 4 members (excludes halogenated alkanes) is 3.